The molecule has 1 aromatic heterocycles. The van der Waals surface area contributed by atoms with Crippen molar-refractivity contribution >= 4 is 11.6 Å². The van der Waals surface area contributed by atoms with Crippen molar-refractivity contribution in [1.29, 1.82) is 0 Å². The Morgan fingerprint density at radius 2 is 2.28 bits per heavy atom. The summed E-state index contributed by atoms with van der Waals surface area (Å²) < 4.78 is 6.41. The zero-order chi connectivity index (χ0) is 13.2. The number of pyridine rings is 1. The first kappa shape index (κ1) is 12.8. The minimum atomic E-state index is -0.715. The Labute approximate surface area is 105 Å². The van der Waals surface area contributed by atoms with Crippen molar-refractivity contribution in [3.05, 3.63) is 28.7 Å². The number of nitrogens with two attached hydrogens (primary N) is 1. The molecule has 1 aliphatic rings. The predicted octanol–water partition coefficient (Wildman–Crippen LogP) is -0.0755. The number of aromatic nitrogens is 1. The molecule has 1 fully saturated rings. The monoisotopic (exact) mass is 251 g/mol. The molecule has 6 nitrogen and oxygen atoms in total. The van der Waals surface area contributed by atoms with E-state index in [1.54, 1.807) is 19.4 Å². The van der Waals surface area contributed by atoms with Gasteiger partial charge in [-0.2, -0.15) is 0 Å². The fourth-order valence-electron chi connectivity index (χ4n) is 1.59. The summed E-state index contributed by atoms with van der Waals surface area (Å²) in [6.45, 7) is 0.894. The van der Waals surface area contributed by atoms with E-state index in [0.717, 1.165) is 0 Å². The molecule has 1 aromatic rings. The second kappa shape index (κ2) is 4.91. The Balaban J connectivity index is 2.09. The average Bonchev–Trinajstić information content (AvgIpc) is 3.09. The maximum Gasteiger partial charge on any atom is 0.250 e. The van der Waals surface area contributed by atoms with Gasteiger partial charge in [-0.1, -0.05) is 0 Å². The summed E-state index contributed by atoms with van der Waals surface area (Å²) in [6, 6.07) is 3.00. The first-order valence-corrected chi connectivity index (χ1v) is 5.85. The summed E-state index contributed by atoms with van der Waals surface area (Å²) in [6.07, 6.45) is 3.02. The third-order valence-corrected chi connectivity index (χ3v) is 3.02. The molecule has 0 bridgehead atoms. The summed E-state index contributed by atoms with van der Waals surface area (Å²) in [5, 5.41) is 2.72. The zero-order valence-corrected chi connectivity index (χ0v) is 10.3. The number of carbonyl (C=O) groups excluding carboxylic acids is 1. The lowest BCUT2D eigenvalue weighted by Gasteiger charge is -2.12. The van der Waals surface area contributed by atoms with E-state index >= 15 is 0 Å². The molecule has 0 saturated heterocycles. The SMILES string of the molecule is COCCn1cc(NC(=O)C2(N)CC2)ccc1=O. The van der Waals surface area contributed by atoms with Crippen molar-refractivity contribution in [2.75, 3.05) is 19.0 Å². The van der Waals surface area contributed by atoms with Crippen LogP contribution in [-0.2, 0) is 16.1 Å². The smallest absolute Gasteiger partial charge is 0.250 e. The second-order valence-corrected chi connectivity index (χ2v) is 4.55. The third-order valence-electron chi connectivity index (χ3n) is 3.02. The lowest BCUT2D eigenvalue weighted by atomic mass is 10.2. The van der Waals surface area contributed by atoms with Crippen LogP contribution in [0, 0.1) is 0 Å². The molecule has 0 aliphatic heterocycles. The second-order valence-electron chi connectivity index (χ2n) is 4.55. The summed E-state index contributed by atoms with van der Waals surface area (Å²) in [5.41, 5.74) is 5.52. The molecule has 2 rings (SSSR count). The van der Waals surface area contributed by atoms with Crippen molar-refractivity contribution in [3.63, 3.8) is 0 Å². The van der Waals surface area contributed by atoms with Gasteiger partial charge in [0.25, 0.3) is 5.56 Å². The van der Waals surface area contributed by atoms with E-state index in [4.69, 9.17) is 10.5 Å². The largest absolute Gasteiger partial charge is 0.383 e. The highest BCUT2D eigenvalue weighted by molar-refractivity contribution is 5.99. The number of anilines is 1. The van der Waals surface area contributed by atoms with Gasteiger partial charge in [-0.15, -0.1) is 0 Å². The molecule has 0 radical (unpaired) electrons. The molecule has 0 aromatic carbocycles. The summed E-state index contributed by atoms with van der Waals surface area (Å²) in [5.74, 6) is -0.195. The Morgan fingerprint density at radius 1 is 1.56 bits per heavy atom. The number of hydrogen-bond acceptors (Lipinski definition) is 4. The first-order valence-electron chi connectivity index (χ1n) is 5.85. The van der Waals surface area contributed by atoms with E-state index in [-0.39, 0.29) is 11.5 Å². The fourth-order valence-corrected chi connectivity index (χ4v) is 1.59. The molecule has 0 unspecified atom stereocenters. The molecule has 0 spiro atoms. The highest BCUT2D eigenvalue weighted by atomic mass is 16.5. The van der Waals surface area contributed by atoms with Gasteiger partial charge in [-0.3, -0.25) is 9.59 Å². The topological polar surface area (TPSA) is 86.3 Å². The minimum absolute atomic E-state index is 0.126. The van der Waals surface area contributed by atoms with Crippen LogP contribution in [0.1, 0.15) is 12.8 Å². The van der Waals surface area contributed by atoms with Gasteiger partial charge in [0.1, 0.15) is 0 Å². The van der Waals surface area contributed by atoms with Crippen LogP contribution in [0.4, 0.5) is 5.69 Å². The van der Waals surface area contributed by atoms with Crippen molar-refractivity contribution < 1.29 is 9.53 Å². The highest BCUT2D eigenvalue weighted by Crippen LogP contribution is 2.33. The molecular formula is C12H17N3O3. The van der Waals surface area contributed by atoms with E-state index in [1.807, 2.05) is 0 Å². The Bertz CT molecular complexity index is 506. The van der Waals surface area contributed by atoms with Crippen LogP contribution in [0.25, 0.3) is 0 Å². The fraction of sp³-hybridized carbons (Fsp3) is 0.500. The van der Waals surface area contributed by atoms with Gasteiger partial charge in [0.15, 0.2) is 0 Å². The van der Waals surface area contributed by atoms with Crippen molar-refractivity contribution in [1.82, 2.24) is 4.57 Å². The lowest BCUT2D eigenvalue weighted by molar-refractivity contribution is -0.118. The van der Waals surface area contributed by atoms with Gasteiger partial charge in [0.05, 0.1) is 17.8 Å². The first-order chi connectivity index (χ1) is 8.55. The van der Waals surface area contributed by atoms with E-state index in [0.29, 0.717) is 31.7 Å². The standard InChI is InChI=1S/C12H17N3O3/c1-18-7-6-15-8-9(2-3-10(15)16)14-11(17)12(13)4-5-12/h2-3,8H,4-7,13H2,1H3,(H,14,17). The van der Waals surface area contributed by atoms with E-state index in [1.165, 1.54) is 10.6 Å². The van der Waals surface area contributed by atoms with Crippen LogP contribution in [0.15, 0.2) is 23.1 Å². The number of nitrogens with zero attached hydrogens (tertiary/aromatic N) is 1. The van der Waals surface area contributed by atoms with Crippen LogP contribution in [0.5, 0.6) is 0 Å². The van der Waals surface area contributed by atoms with Gasteiger partial charge in [0, 0.05) is 25.9 Å². The van der Waals surface area contributed by atoms with Crippen molar-refractivity contribution in [2.45, 2.75) is 24.9 Å². The van der Waals surface area contributed by atoms with E-state index in [9.17, 15) is 9.59 Å². The maximum absolute atomic E-state index is 11.8. The Hall–Kier alpha value is -1.66. The zero-order valence-electron chi connectivity index (χ0n) is 10.3. The predicted molar refractivity (Wildman–Crippen MR) is 67.4 cm³/mol. The molecule has 3 N–H and O–H groups in total. The molecule has 98 valence electrons. The molecule has 0 atom stereocenters. The van der Waals surface area contributed by atoms with Crippen molar-refractivity contribution in [2.24, 2.45) is 5.73 Å². The van der Waals surface area contributed by atoms with Crippen LogP contribution >= 0.6 is 0 Å². The van der Waals surface area contributed by atoms with Gasteiger partial charge in [-0.25, -0.2) is 0 Å². The number of amides is 1. The van der Waals surface area contributed by atoms with Gasteiger partial charge < -0.3 is 20.4 Å². The van der Waals surface area contributed by atoms with Gasteiger partial charge in [0.2, 0.25) is 5.91 Å². The number of methoxy groups -OCH3 is 1. The summed E-state index contributed by atoms with van der Waals surface area (Å²) in [7, 11) is 1.57. The van der Waals surface area contributed by atoms with Gasteiger partial charge >= 0.3 is 0 Å². The molecule has 18 heavy (non-hydrogen) atoms. The average molecular weight is 251 g/mol. The van der Waals surface area contributed by atoms with E-state index in [2.05, 4.69) is 5.32 Å². The molecule has 6 heteroatoms. The summed E-state index contributed by atoms with van der Waals surface area (Å²) in [4.78, 5) is 23.3. The quantitative estimate of drug-likeness (QED) is 0.766. The normalized spacial score (nSPS) is 16.3. The summed E-state index contributed by atoms with van der Waals surface area (Å²) >= 11 is 0. The number of hydrogen-bond donors (Lipinski definition) is 2. The molecule has 1 aliphatic carbocycles. The Kier molecular flexibility index (Phi) is 3.49. The van der Waals surface area contributed by atoms with Crippen LogP contribution in [0.2, 0.25) is 0 Å². The molecule has 1 saturated carbocycles. The number of carbonyl (C=O) groups is 1. The lowest BCUT2D eigenvalue weighted by Crippen LogP contribution is -2.38. The Morgan fingerprint density at radius 3 is 2.89 bits per heavy atom. The number of rotatable bonds is 5. The van der Waals surface area contributed by atoms with Gasteiger partial charge in [-0.05, 0) is 18.9 Å². The maximum atomic E-state index is 11.8. The minimum Gasteiger partial charge on any atom is -0.383 e. The van der Waals surface area contributed by atoms with Crippen molar-refractivity contribution in [3.8, 4) is 0 Å². The molecule has 1 amide bonds. The van der Waals surface area contributed by atoms with Crippen LogP contribution in [0.3, 0.4) is 0 Å². The third kappa shape index (κ3) is 2.77. The molecule has 1 heterocycles. The molecular weight excluding hydrogens is 234 g/mol. The number of ether oxygens (including phenoxy) is 1. The van der Waals surface area contributed by atoms with E-state index < -0.39 is 5.54 Å². The highest BCUT2D eigenvalue weighted by Gasteiger charge is 2.45. The number of nitrogens with one attached hydrogen (secondary N) is 1. The van der Waals surface area contributed by atoms with Crippen LogP contribution in [-0.4, -0.2) is 29.7 Å². The van der Waals surface area contributed by atoms with Crippen LogP contribution < -0.4 is 16.6 Å².